The van der Waals surface area contributed by atoms with Crippen molar-refractivity contribution in [1.29, 1.82) is 0 Å². The number of carbonyl (C=O) groups excluding carboxylic acids is 1. The number of carbonyl (C=O) groups is 2. The Bertz CT molecular complexity index is 385. The van der Waals surface area contributed by atoms with Gasteiger partial charge in [-0.3, -0.25) is 4.79 Å². The highest BCUT2D eigenvalue weighted by Crippen LogP contribution is 2.17. The van der Waals surface area contributed by atoms with Gasteiger partial charge in [0.05, 0.1) is 0 Å². The monoisotopic (exact) mass is 256 g/mol. The molecule has 4 heteroatoms. The third-order valence-corrected chi connectivity index (χ3v) is 2.38. The number of carboxylic acid groups (broad SMARTS) is 1. The molecule has 1 N–H and O–H groups in total. The standard InChI is InChI=1S/C10H9BrO3/c1-2-6-5-7(11)3-4-8(6)9(12)10(13)14/h3-5H,2H2,1H3,(H,13,14). The minimum Gasteiger partial charge on any atom is -0.475 e. The molecule has 3 nitrogen and oxygen atoms in total. The molecule has 0 spiro atoms. The third kappa shape index (κ3) is 2.20. The zero-order valence-electron chi connectivity index (χ0n) is 7.58. The number of Topliss-reactive ketones (excluding diaryl/α,β-unsaturated/α-hetero) is 1. The first kappa shape index (κ1) is 10.9. The molecule has 0 aromatic heterocycles. The molecule has 1 aromatic rings. The maximum Gasteiger partial charge on any atom is 0.377 e. The van der Waals surface area contributed by atoms with E-state index in [1.165, 1.54) is 6.07 Å². The van der Waals surface area contributed by atoms with Gasteiger partial charge >= 0.3 is 5.97 Å². The highest BCUT2D eigenvalue weighted by molar-refractivity contribution is 9.10. The summed E-state index contributed by atoms with van der Waals surface area (Å²) in [4.78, 5) is 21.7. The van der Waals surface area contributed by atoms with Gasteiger partial charge in [-0.2, -0.15) is 0 Å². The predicted octanol–water partition coefficient (Wildman–Crippen LogP) is 2.28. The van der Waals surface area contributed by atoms with Gasteiger partial charge in [0.25, 0.3) is 5.78 Å². The fraction of sp³-hybridized carbons (Fsp3) is 0.200. The van der Waals surface area contributed by atoms with Crippen LogP contribution in [0, 0.1) is 0 Å². The second-order valence-electron chi connectivity index (χ2n) is 2.79. The minimum absolute atomic E-state index is 0.267. The summed E-state index contributed by atoms with van der Waals surface area (Å²) in [5, 5.41) is 8.56. The van der Waals surface area contributed by atoms with Gasteiger partial charge in [0.2, 0.25) is 0 Å². The Morgan fingerprint density at radius 3 is 2.57 bits per heavy atom. The summed E-state index contributed by atoms with van der Waals surface area (Å²) in [6, 6.07) is 4.95. The first-order valence-electron chi connectivity index (χ1n) is 4.12. The number of ketones is 1. The lowest BCUT2D eigenvalue weighted by molar-refractivity contribution is -0.131. The number of benzene rings is 1. The zero-order valence-corrected chi connectivity index (χ0v) is 9.17. The smallest absolute Gasteiger partial charge is 0.377 e. The lowest BCUT2D eigenvalue weighted by atomic mass is 10.0. The minimum atomic E-state index is -1.41. The number of halogens is 1. The van der Waals surface area contributed by atoms with Crippen LogP contribution in [0.5, 0.6) is 0 Å². The molecule has 0 atom stereocenters. The molecular formula is C10H9BrO3. The molecule has 74 valence electrons. The number of hydrogen-bond acceptors (Lipinski definition) is 2. The average molecular weight is 257 g/mol. The van der Waals surface area contributed by atoms with Gasteiger partial charge < -0.3 is 5.11 Å². The van der Waals surface area contributed by atoms with Crippen molar-refractivity contribution in [3.8, 4) is 0 Å². The summed E-state index contributed by atoms with van der Waals surface area (Å²) in [6.07, 6.45) is 0.633. The molecule has 0 heterocycles. The molecule has 0 aliphatic carbocycles. The van der Waals surface area contributed by atoms with Crippen LogP contribution in [0.3, 0.4) is 0 Å². The van der Waals surface area contributed by atoms with Crippen LogP contribution in [0.2, 0.25) is 0 Å². The first-order valence-corrected chi connectivity index (χ1v) is 4.91. The van der Waals surface area contributed by atoms with Crippen LogP contribution in [0.1, 0.15) is 22.8 Å². The molecule has 1 aromatic carbocycles. The summed E-state index contributed by atoms with van der Waals surface area (Å²) in [6.45, 7) is 1.88. The normalized spacial score (nSPS) is 9.86. The SMILES string of the molecule is CCc1cc(Br)ccc1C(=O)C(=O)O. The summed E-state index contributed by atoms with van der Waals surface area (Å²) in [7, 11) is 0. The molecule has 0 amide bonds. The lowest BCUT2D eigenvalue weighted by Gasteiger charge is -2.04. The molecule has 0 saturated heterocycles. The Morgan fingerprint density at radius 2 is 2.07 bits per heavy atom. The number of aryl methyl sites for hydroxylation is 1. The Kier molecular flexibility index (Phi) is 3.41. The van der Waals surface area contributed by atoms with E-state index in [1.54, 1.807) is 12.1 Å². The highest BCUT2D eigenvalue weighted by Gasteiger charge is 2.17. The van der Waals surface area contributed by atoms with Crippen LogP contribution in [0.15, 0.2) is 22.7 Å². The number of carboxylic acids is 1. The molecule has 0 bridgehead atoms. The van der Waals surface area contributed by atoms with E-state index in [4.69, 9.17) is 5.11 Å². The summed E-state index contributed by atoms with van der Waals surface area (Å²) in [5.74, 6) is -2.27. The lowest BCUT2D eigenvalue weighted by Crippen LogP contribution is -2.14. The maximum atomic E-state index is 11.2. The van der Waals surface area contributed by atoms with Crippen molar-refractivity contribution < 1.29 is 14.7 Å². The molecule has 1 rings (SSSR count). The number of aliphatic carboxylic acids is 1. The fourth-order valence-electron chi connectivity index (χ4n) is 1.19. The Balaban J connectivity index is 3.20. The van der Waals surface area contributed by atoms with Gasteiger partial charge in [-0.05, 0) is 30.2 Å². The predicted molar refractivity (Wildman–Crippen MR) is 55.5 cm³/mol. The summed E-state index contributed by atoms with van der Waals surface area (Å²) in [5.41, 5.74) is 1.01. The van der Waals surface area contributed by atoms with Gasteiger partial charge in [0.15, 0.2) is 0 Å². The second-order valence-corrected chi connectivity index (χ2v) is 3.70. The zero-order chi connectivity index (χ0) is 10.7. The van der Waals surface area contributed by atoms with Gasteiger partial charge in [0.1, 0.15) is 0 Å². The van der Waals surface area contributed by atoms with E-state index >= 15 is 0 Å². The molecule has 14 heavy (non-hydrogen) atoms. The second kappa shape index (κ2) is 4.37. The van der Waals surface area contributed by atoms with E-state index in [1.807, 2.05) is 6.92 Å². The highest BCUT2D eigenvalue weighted by atomic mass is 79.9. The van der Waals surface area contributed by atoms with Gasteiger partial charge in [-0.25, -0.2) is 4.79 Å². The third-order valence-electron chi connectivity index (χ3n) is 1.89. The van der Waals surface area contributed by atoms with Crippen LogP contribution in [0.25, 0.3) is 0 Å². The first-order chi connectivity index (χ1) is 6.56. The van der Waals surface area contributed by atoms with Crippen LogP contribution >= 0.6 is 15.9 Å². The van der Waals surface area contributed by atoms with Crippen LogP contribution in [-0.2, 0) is 11.2 Å². The summed E-state index contributed by atoms with van der Waals surface area (Å²) < 4.78 is 0.844. The maximum absolute atomic E-state index is 11.2. The van der Waals surface area contributed by atoms with Crippen molar-refractivity contribution in [2.45, 2.75) is 13.3 Å². The number of rotatable bonds is 3. The van der Waals surface area contributed by atoms with Crippen molar-refractivity contribution in [2.75, 3.05) is 0 Å². The Hall–Kier alpha value is -1.16. The quantitative estimate of drug-likeness (QED) is 0.667. The molecular weight excluding hydrogens is 248 g/mol. The van der Waals surface area contributed by atoms with E-state index in [2.05, 4.69) is 15.9 Å². The Labute approximate surface area is 89.9 Å². The van der Waals surface area contributed by atoms with Crippen molar-refractivity contribution in [3.05, 3.63) is 33.8 Å². The van der Waals surface area contributed by atoms with E-state index in [9.17, 15) is 9.59 Å². The molecule has 0 saturated carbocycles. The molecule has 0 radical (unpaired) electrons. The summed E-state index contributed by atoms with van der Waals surface area (Å²) >= 11 is 3.26. The van der Waals surface area contributed by atoms with E-state index < -0.39 is 11.8 Å². The average Bonchev–Trinajstić information content (AvgIpc) is 2.16. The number of hydrogen-bond donors (Lipinski definition) is 1. The van der Waals surface area contributed by atoms with E-state index in [0.29, 0.717) is 6.42 Å². The van der Waals surface area contributed by atoms with Gasteiger partial charge in [-0.15, -0.1) is 0 Å². The van der Waals surface area contributed by atoms with Crippen molar-refractivity contribution >= 4 is 27.7 Å². The van der Waals surface area contributed by atoms with E-state index in [-0.39, 0.29) is 5.56 Å². The largest absolute Gasteiger partial charge is 0.475 e. The van der Waals surface area contributed by atoms with Gasteiger partial charge in [0, 0.05) is 10.0 Å². The van der Waals surface area contributed by atoms with E-state index in [0.717, 1.165) is 10.0 Å². The van der Waals surface area contributed by atoms with Crippen LogP contribution in [0.4, 0.5) is 0 Å². The van der Waals surface area contributed by atoms with Crippen LogP contribution < -0.4 is 0 Å². The van der Waals surface area contributed by atoms with Gasteiger partial charge in [-0.1, -0.05) is 22.9 Å². The van der Waals surface area contributed by atoms with Crippen molar-refractivity contribution in [1.82, 2.24) is 0 Å². The molecule has 0 aliphatic rings. The molecule has 0 aliphatic heterocycles. The Morgan fingerprint density at radius 1 is 1.43 bits per heavy atom. The van der Waals surface area contributed by atoms with Crippen molar-refractivity contribution in [3.63, 3.8) is 0 Å². The molecule has 0 fully saturated rings. The molecule has 0 unspecified atom stereocenters. The van der Waals surface area contributed by atoms with Crippen LogP contribution in [-0.4, -0.2) is 16.9 Å². The fourth-order valence-corrected chi connectivity index (χ4v) is 1.60. The topological polar surface area (TPSA) is 54.4 Å². The van der Waals surface area contributed by atoms with Crippen molar-refractivity contribution in [2.24, 2.45) is 0 Å².